The Bertz CT molecular complexity index is 256. The van der Waals surface area contributed by atoms with Gasteiger partial charge in [-0.3, -0.25) is 4.79 Å². The first-order valence-electron chi connectivity index (χ1n) is 7.37. The minimum Gasteiger partial charge on any atom is -0.300 e. The van der Waals surface area contributed by atoms with Gasteiger partial charge in [-0.25, -0.2) is 0 Å². The zero-order chi connectivity index (χ0) is 12.2. The molecule has 0 aliphatic heterocycles. The summed E-state index contributed by atoms with van der Waals surface area (Å²) in [5.74, 6) is 7.01. The first-order valence-corrected chi connectivity index (χ1v) is 7.37. The van der Waals surface area contributed by atoms with Gasteiger partial charge in [-0.2, -0.15) is 0 Å². The van der Waals surface area contributed by atoms with Gasteiger partial charge in [0.2, 0.25) is 0 Å². The van der Waals surface area contributed by atoms with Crippen LogP contribution in [0.5, 0.6) is 0 Å². The Kier molecular flexibility index (Phi) is 8.73. The van der Waals surface area contributed by atoms with Crippen LogP contribution >= 0.6 is 0 Å². The van der Waals surface area contributed by atoms with Gasteiger partial charge in [0.1, 0.15) is 5.78 Å². The van der Waals surface area contributed by atoms with E-state index >= 15 is 0 Å². The van der Waals surface area contributed by atoms with E-state index in [-0.39, 0.29) is 0 Å². The van der Waals surface area contributed by atoms with Gasteiger partial charge >= 0.3 is 0 Å². The van der Waals surface area contributed by atoms with Crippen LogP contribution in [0.15, 0.2) is 0 Å². The van der Waals surface area contributed by atoms with Crippen molar-refractivity contribution in [2.24, 2.45) is 0 Å². The maximum absolute atomic E-state index is 11.6. The molecular formula is C16H26O. The summed E-state index contributed by atoms with van der Waals surface area (Å²) >= 11 is 0. The summed E-state index contributed by atoms with van der Waals surface area (Å²) < 4.78 is 0. The molecule has 0 aromatic heterocycles. The van der Waals surface area contributed by atoms with Crippen molar-refractivity contribution in [1.29, 1.82) is 0 Å². The lowest BCUT2D eigenvalue weighted by Crippen LogP contribution is -1.97. The van der Waals surface area contributed by atoms with E-state index in [4.69, 9.17) is 0 Å². The predicted octanol–water partition coefficient (Wildman–Crippen LogP) is 4.64. The highest BCUT2D eigenvalue weighted by molar-refractivity contribution is 5.78. The molecule has 0 unspecified atom stereocenters. The third kappa shape index (κ3) is 8.98. The molecule has 0 aromatic rings. The summed E-state index contributed by atoms with van der Waals surface area (Å²) in [6.45, 7) is 0. The summed E-state index contributed by atoms with van der Waals surface area (Å²) in [6, 6.07) is 0. The average Bonchev–Trinajstić information content (AvgIpc) is 2.32. The number of carbonyl (C=O) groups excluding carboxylic acids is 1. The molecular weight excluding hydrogens is 208 g/mol. The van der Waals surface area contributed by atoms with Gasteiger partial charge in [0.25, 0.3) is 0 Å². The van der Waals surface area contributed by atoms with Crippen molar-refractivity contribution < 1.29 is 4.79 Å². The molecule has 1 aliphatic rings. The minimum atomic E-state index is 0.483. The molecule has 0 amide bonds. The van der Waals surface area contributed by atoms with Crippen LogP contribution in [0.4, 0.5) is 0 Å². The van der Waals surface area contributed by atoms with Crippen LogP contribution in [0.2, 0.25) is 0 Å². The lowest BCUT2D eigenvalue weighted by Gasteiger charge is -2.02. The molecule has 0 bridgehead atoms. The highest BCUT2D eigenvalue weighted by Gasteiger charge is 2.01. The minimum absolute atomic E-state index is 0.483. The predicted molar refractivity (Wildman–Crippen MR) is 72.8 cm³/mol. The standard InChI is InChI=1S/C16H26O/c17-16-14-12-10-8-6-4-2-1-3-5-7-9-11-13-15-16/h2,4-15H2. The van der Waals surface area contributed by atoms with E-state index in [2.05, 4.69) is 11.8 Å². The number of hydrogen-bond donors (Lipinski definition) is 0. The van der Waals surface area contributed by atoms with Crippen LogP contribution in [-0.2, 0) is 4.79 Å². The van der Waals surface area contributed by atoms with E-state index in [1.807, 2.05) is 0 Å². The van der Waals surface area contributed by atoms with Crippen molar-refractivity contribution in [2.45, 2.75) is 83.5 Å². The summed E-state index contributed by atoms with van der Waals surface area (Å²) in [4.78, 5) is 11.6. The van der Waals surface area contributed by atoms with Crippen molar-refractivity contribution in [1.82, 2.24) is 0 Å². The van der Waals surface area contributed by atoms with E-state index in [1.54, 1.807) is 0 Å². The SMILES string of the molecule is O=C1CCCCCCC#CCCCCCCC1. The average molecular weight is 234 g/mol. The van der Waals surface area contributed by atoms with Gasteiger partial charge in [0.05, 0.1) is 0 Å². The van der Waals surface area contributed by atoms with Crippen molar-refractivity contribution in [2.75, 3.05) is 0 Å². The second-order valence-electron chi connectivity index (χ2n) is 5.07. The normalized spacial score (nSPS) is 21.5. The number of hydrogen-bond acceptors (Lipinski definition) is 1. The molecule has 96 valence electrons. The van der Waals surface area contributed by atoms with Crippen LogP contribution in [0, 0.1) is 11.8 Å². The van der Waals surface area contributed by atoms with Crippen LogP contribution < -0.4 is 0 Å². The molecule has 17 heavy (non-hydrogen) atoms. The van der Waals surface area contributed by atoms with Crippen molar-refractivity contribution in [3.05, 3.63) is 0 Å². The summed E-state index contributed by atoms with van der Waals surface area (Å²) in [6.07, 6.45) is 14.6. The monoisotopic (exact) mass is 234 g/mol. The fourth-order valence-electron chi connectivity index (χ4n) is 2.26. The molecule has 1 rings (SSSR count). The lowest BCUT2D eigenvalue weighted by atomic mass is 10.0. The smallest absolute Gasteiger partial charge is 0.132 e. The summed E-state index contributed by atoms with van der Waals surface area (Å²) in [5.41, 5.74) is 0. The Hall–Kier alpha value is -0.770. The van der Waals surface area contributed by atoms with Gasteiger partial charge in [0.15, 0.2) is 0 Å². The molecule has 0 spiro atoms. The topological polar surface area (TPSA) is 17.1 Å². The highest BCUT2D eigenvalue weighted by Crippen LogP contribution is 2.11. The Morgan fingerprint density at radius 2 is 1.00 bits per heavy atom. The van der Waals surface area contributed by atoms with Gasteiger partial charge < -0.3 is 0 Å². The third-order valence-corrected chi connectivity index (χ3v) is 3.39. The highest BCUT2D eigenvalue weighted by atomic mass is 16.1. The van der Waals surface area contributed by atoms with Crippen LogP contribution in [0.25, 0.3) is 0 Å². The Balaban J connectivity index is 2.20. The summed E-state index contributed by atoms with van der Waals surface area (Å²) in [7, 11) is 0. The maximum atomic E-state index is 11.6. The summed E-state index contributed by atoms with van der Waals surface area (Å²) in [5, 5.41) is 0. The molecule has 1 aliphatic carbocycles. The number of Topliss-reactive ketones (excluding diaryl/α,β-unsaturated/α-hetero) is 1. The number of ketones is 1. The fourth-order valence-corrected chi connectivity index (χ4v) is 2.26. The molecule has 0 saturated heterocycles. The van der Waals surface area contributed by atoms with E-state index in [9.17, 15) is 4.79 Å². The van der Waals surface area contributed by atoms with E-state index in [0.29, 0.717) is 5.78 Å². The van der Waals surface area contributed by atoms with Crippen molar-refractivity contribution in [3.63, 3.8) is 0 Å². The Morgan fingerprint density at radius 1 is 0.588 bits per heavy atom. The molecule has 0 atom stereocenters. The lowest BCUT2D eigenvalue weighted by molar-refractivity contribution is -0.119. The largest absolute Gasteiger partial charge is 0.300 e. The van der Waals surface area contributed by atoms with Gasteiger partial charge in [-0.1, -0.05) is 32.1 Å². The molecule has 0 fully saturated rings. The van der Waals surface area contributed by atoms with Crippen molar-refractivity contribution >= 4 is 5.78 Å². The zero-order valence-electron chi connectivity index (χ0n) is 11.1. The first kappa shape index (κ1) is 14.3. The second kappa shape index (κ2) is 10.4. The quantitative estimate of drug-likeness (QED) is 0.558. The van der Waals surface area contributed by atoms with E-state index in [0.717, 1.165) is 38.5 Å². The van der Waals surface area contributed by atoms with Gasteiger partial charge in [0, 0.05) is 25.7 Å². The number of carbonyl (C=O) groups is 1. The Labute approximate surface area is 106 Å². The molecule has 1 nitrogen and oxygen atoms in total. The first-order chi connectivity index (χ1) is 8.39. The second-order valence-corrected chi connectivity index (χ2v) is 5.07. The van der Waals surface area contributed by atoms with E-state index in [1.165, 1.54) is 44.9 Å². The van der Waals surface area contributed by atoms with Crippen LogP contribution in [0.1, 0.15) is 83.5 Å². The molecule has 0 radical (unpaired) electrons. The van der Waals surface area contributed by atoms with Crippen molar-refractivity contribution in [3.8, 4) is 11.8 Å². The molecule has 1 heteroatoms. The maximum Gasteiger partial charge on any atom is 0.132 e. The molecule has 0 heterocycles. The molecule has 0 aromatic carbocycles. The van der Waals surface area contributed by atoms with E-state index < -0.39 is 0 Å². The molecule has 0 saturated carbocycles. The van der Waals surface area contributed by atoms with Gasteiger partial charge in [-0.05, 0) is 25.7 Å². The Morgan fingerprint density at radius 3 is 1.53 bits per heavy atom. The number of rotatable bonds is 0. The fraction of sp³-hybridized carbons (Fsp3) is 0.812. The third-order valence-electron chi connectivity index (χ3n) is 3.39. The molecule has 0 N–H and O–H groups in total. The van der Waals surface area contributed by atoms with Crippen LogP contribution in [0.3, 0.4) is 0 Å². The van der Waals surface area contributed by atoms with Gasteiger partial charge in [-0.15, -0.1) is 11.8 Å². The zero-order valence-corrected chi connectivity index (χ0v) is 11.1. The van der Waals surface area contributed by atoms with Crippen LogP contribution in [-0.4, -0.2) is 5.78 Å².